The van der Waals surface area contributed by atoms with Gasteiger partial charge in [0.25, 0.3) is 0 Å². The molecule has 166 valence electrons. The van der Waals surface area contributed by atoms with Gasteiger partial charge in [0.05, 0.1) is 32.5 Å². The minimum absolute atomic E-state index is 0.0449. The summed E-state index contributed by atoms with van der Waals surface area (Å²) in [6.07, 6.45) is 0.719. The summed E-state index contributed by atoms with van der Waals surface area (Å²) in [6, 6.07) is 16.7. The smallest absolute Gasteiger partial charge is 0.238 e. The minimum atomic E-state index is -0.807. The predicted octanol–water partition coefficient (Wildman–Crippen LogP) is 4.57. The molecular weight excluding hydrogens is 414 g/mol. The molecule has 0 bridgehead atoms. The van der Waals surface area contributed by atoms with Gasteiger partial charge in [0.2, 0.25) is 5.91 Å². The molecule has 3 aromatic rings. The Balaban J connectivity index is 1.65. The van der Waals surface area contributed by atoms with Gasteiger partial charge < -0.3 is 14.8 Å². The lowest BCUT2D eigenvalue weighted by Gasteiger charge is -2.37. The van der Waals surface area contributed by atoms with E-state index >= 15 is 0 Å². The van der Waals surface area contributed by atoms with Crippen LogP contribution in [0, 0.1) is 11.6 Å². The fourth-order valence-corrected chi connectivity index (χ4v) is 4.16. The van der Waals surface area contributed by atoms with Crippen LogP contribution in [0.1, 0.15) is 22.7 Å². The van der Waals surface area contributed by atoms with Gasteiger partial charge in [-0.2, -0.15) is 0 Å². The monoisotopic (exact) mass is 438 g/mol. The molecule has 0 fully saturated rings. The van der Waals surface area contributed by atoms with E-state index in [2.05, 4.69) is 5.32 Å². The third-order valence-corrected chi connectivity index (χ3v) is 5.64. The number of carbonyl (C=O) groups is 1. The number of amides is 1. The van der Waals surface area contributed by atoms with Gasteiger partial charge in [-0.25, -0.2) is 8.78 Å². The van der Waals surface area contributed by atoms with Gasteiger partial charge in [0, 0.05) is 12.6 Å². The number of methoxy groups -OCH3 is 2. The zero-order valence-corrected chi connectivity index (χ0v) is 17.9. The second-order valence-electron chi connectivity index (χ2n) is 7.61. The van der Waals surface area contributed by atoms with Crippen LogP contribution in [0.3, 0.4) is 0 Å². The molecule has 0 spiro atoms. The molecule has 1 heterocycles. The van der Waals surface area contributed by atoms with E-state index in [1.165, 1.54) is 6.07 Å². The van der Waals surface area contributed by atoms with Crippen LogP contribution in [-0.4, -0.2) is 38.1 Å². The first-order valence-electron chi connectivity index (χ1n) is 10.3. The van der Waals surface area contributed by atoms with Crippen molar-refractivity contribution in [3.8, 4) is 11.5 Å². The van der Waals surface area contributed by atoms with Crippen LogP contribution in [-0.2, 0) is 11.2 Å². The maximum Gasteiger partial charge on any atom is 0.238 e. The fraction of sp³-hybridized carbons (Fsp3) is 0.240. The Kier molecular flexibility index (Phi) is 6.37. The third kappa shape index (κ3) is 4.43. The second-order valence-corrected chi connectivity index (χ2v) is 7.61. The molecule has 5 nitrogen and oxygen atoms in total. The van der Waals surface area contributed by atoms with Gasteiger partial charge in [0.1, 0.15) is 11.6 Å². The number of halogens is 2. The number of nitrogens with zero attached hydrogens (tertiary/aromatic N) is 1. The molecule has 1 aliphatic heterocycles. The largest absolute Gasteiger partial charge is 0.493 e. The Morgan fingerprint density at radius 3 is 2.44 bits per heavy atom. The molecule has 0 radical (unpaired) electrons. The van der Waals surface area contributed by atoms with E-state index in [1.807, 2.05) is 47.4 Å². The summed E-state index contributed by atoms with van der Waals surface area (Å²) in [4.78, 5) is 14.8. The molecule has 4 rings (SSSR count). The van der Waals surface area contributed by atoms with Crippen LogP contribution in [0.4, 0.5) is 14.5 Å². The second kappa shape index (κ2) is 9.36. The Morgan fingerprint density at radius 2 is 1.75 bits per heavy atom. The van der Waals surface area contributed by atoms with E-state index in [9.17, 15) is 13.6 Å². The highest BCUT2D eigenvalue weighted by molar-refractivity contribution is 5.92. The van der Waals surface area contributed by atoms with Crippen LogP contribution in [0.5, 0.6) is 11.5 Å². The van der Waals surface area contributed by atoms with Gasteiger partial charge in [0.15, 0.2) is 11.5 Å². The molecule has 7 heteroatoms. The quantitative estimate of drug-likeness (QED) is 0.613. The van der Waals surface area contributed by atoms with Gasteiger partial charge in [-0.1, -0.05) is 30.3 Å². The van der Waals surface area contributed by atoms with Crippen LogP contribution in [0.2, 0.25) is 0 Å². The standard InChI is InChI=1S/C25H24F2N2O3/c1-31-22-12-17-10-11-29(15-24(30)28-21-9-8-18(26)13-20(21)27)25(16-6-4-3-5-7-16)19(17)14-23(22)32-2/h3-9,12-14,25H,10-11,15H2,1-2H3,(H,28,30)/t25-/m1/s1. The summed E-state index contributed by atoms with van der Waals surface area (Å²) in [6.45, 7) is 0.672. The summed E-state index contributed by atoms with van der Waals surface area (Å²) < 4.78 is 38.1. The predicted molar refractivity (Wildman–Crippen MR) is 118 cm³/mol. The van der Waals surface area contributed by atoms with E-state index in [-0.39, 0.29) is 24.2 Å². The zero-order chi connectivity index (χ0) is 22.7. The number of hydrogen-bond donors (Lipinski definition) is 1. The number of anilines is 1. The van der Waals surface area contributed by atoms with Crippen molar-refractivity contribution in [3.63, 3.8) is 0 Å². The number of benzene rings is 3. The van der Waals surface area contributed by atoms with E-state index in [0.29, 0.717) is 18.0 Å². The highest BCUT2D eigenvalue weighted by Crippen LogP contribution is 2.40. The van der Waals surface area contributed by atoms with E-state index < -0.39 is 11.6 Å². The topological polar surface area (TPSA) is 50.8 Å². The first kappa shape index (κ1) is 21.8. The summed E-state index contributed by atoms with van der Waals surface area (Å²) in [5.74, 6) is -0.594. The third-order valence-electron chi connectivity index (χ3n) is 5.64. The molecule has 3 aromatic carbocycles. The first-order valence-corrected chi connectivity index (χ1v) is 10.3. The van der Waals surface area contributed by atoms with E-state index in [1.54, 1.807) is 14.2 Å². The number of nitrogens with one attached hydrogen (secondary N) is 1. The molecule has 1 N–H and O–H groups in total. The highest BCUT2D eigenvalue weighted by atomic mass is 19.1. The molecule has 0 aromatic heterocycles. The Labute approximate surface area is 185 Å². The SMILES string of the molecule is COc1cc2c(cc1OC)[C@@H](c1ccccc1)N(CC(=O)Nc1ccc(F)cc1F)CC2. The number of fused-ring (bicyclic) bond motifs is 1. The molecule has 1 aliphatic rings. The summed E-state index contributed by atoms with van der Waals surface area (Å²) in [5.41, 5.74) is 3.14. The van der Waals surface area contributed by atoms with Gasteiger partial charge >= 0.3 is 0 Å². The molecule has 0 aliphatic carbocycles. The minimum Gasteiger partial charge on any atom is -0.493 e. The van der Waals surface area contributed by atoms with Crippen molar-refractivity contribution in [3.05, 3.63) is 89.0 Å². The summed E-state index contributed by atoms with van der Waals surface area (Å²) in [7, 11) is 3.19. The van der Waals surface area contributed by atoms with Crippen molar-refractivity contribution in [1.29, 1.82) is 0 Å². The molecule has 32 heavy (non-hydrogen) atoms. The first-order chi connectivity index (χ1) is 15.5. The maximum absolute atomic E-state index is 14.0. The van der Waals surface area contributed by atoms with Crippen molar-refractivity contribution in [1.82, 2.24) is 4.90 Å². The number of rotatable bonds is 6. The van der Waals surface area contributed by atoms with Crippen molar-refractivity contribution in [2.45, 2.75) is 12.5 Å². The number of hydrogen-bond acceptors (Lipinski definition) is 4. The number of ether oxygens (including phenoxy) is 2. The van der Waals surface area contributed by atoms with Crippen molar-refractivity contribution in [2.24, 2.45) is 0 Å². The van der Waals surface area contributed by atoms with Crippen LogP contribution < -0.4 is 14.8 Å². The average molecular weight is 438 g/mol. The van der Waals surface area contributed by atoms with Gasteiger partial charge in [-0.15, -0.1) is 0 Å². The molecule has 0 unspecified atom stereocenters. The van der Waals surface area contributed by atoms with E-state index in [0.717, 1.165) is 35.2 Å². The Morgan fingerprint density at radius 1 is 1.03 bits per heavy atom. The molecular formula is C25H24F2N2O3. The maximum atomic E-state index is 14.0. The lowest BCUT2D eigenvalue weighted by molar-refractivity contribution is -0.117. The van der Waals surface area contributed by atoms with Crippen molar-refractivity contribution in [2.75, 3.05) is 32.6 Å². The van der Waals surface area contributed by atoms with Gasteiger partial charge in [-0.3, -0.25) is 9.69 Å². The van der Waals surface area contributed by atoms with Crippen LogP contribution in [0.25, 0.3) is 0 Å². The van der Waals surface area contributed by atoms with Crippen LogP contribution in [0.15, 0.2) is 60.7 Å². The molecule has 0 saturated carbocycles. The lowest BCUT2D eigenvalue weighted by atomic mass is 9.87. The summed E-state index contributed by atoms with van der Waals surface area (Å²) in [5, 5.41) is 2.55. The van der Waals surface area contributed by atoms with Gasteiger partial charge in [-0.05, 0) is 47.4 Å². The van der Waals surface area contributed by atoms with E-state index in [4.69, 9.17) is 9.47 Å². The Bertz CT molecular complexity index is 1120. The number of carbonyl (C=O) groups excluding carboxylic acids is 1. The van der Waals surface area contributed by atoms with Crippen LogP contribution >= 0.6 is 0 Å². The van der Waals surface area contributed by atoms with Crippen molar-refractivity contribution >= 4 is 11.6 Å². The molecule has 0 saturated heterocycles. The fourth-order valence-electron chi connectivity index (χ4n) is 4.16. The Hall–Kier alpha value is -3.45. The lowest BCUT2D eigenvalue weighted by Crippen LogP contribution is -2.41. The average Bonchev–Trinajstić information content (AvgIpc) is 2.80. The molecule has 1 atom stereocenters. The van der Waals surface area contributed by atoms with Crippen molar-refractivity contribution < 1.29 is 23.0 Å². The summed E-state index contributed by atoms with van der Waals surface area (Å²) >= 11 is 0. The normalized spacial score (nSPS) is 15.7. The molecule has 1 amide bonds. The highest BCUT2D eigenvalue weighted by Gasteiger charge is 2.31. The zero-order valence-electron chi connectivity index (χ0n) is 17.9.